The number of amides is 2. The fourth-order valence-corrected chi connectivity index (χ4v) is 3.18. The van der Waals surface area contributed by atoms with Gasteiger partial charge in [-0.25, -0.2) is 0 Å². The number of rotatable bonds is 6. The van der Waals surface area contributed by atoms with Crippen LogP contribution >= 0.6 is 11.6 Å². The predicted molar refractivity (Wildman–Crippen MR) is 109 cm³/mol. The lowest BCUT2D eigenvalue weighted by molar-refractivity contribution is -0.151. The molecule has 3 rings (SSSR count). The number of nitrogens with one attached hydrogen (secondary N) is 1. The van der Waals surface area contributed by atoms with Crippen LogP contribution in [0.25, 0.3) is 0 Å². The summed E-state index contributed by atoms with van der Waals surface area (Å²) in [6, 6.07) is 12.1. The summed E-state index contributed by atoms with van der Waals surface area (Å²) in [5, 5.41) is 3.15. The molecule has 0 aliphatic carbocycles. The Morgan fingerprint density at radius 1 is 1.21 bits per heavy atom. The fraction of sp³-hybridized carbons (Fsp3) is 0.286. The smallest absolute Gasteiger partial charge is 0.311 e. The van der Waals surface area contributed by atoms with Gasteiger partial charge < -0.3 is 19.7 Å². The van der Waals surface area contributed by atoms with Gasteiger partial charge in [-0.3, -0.25) is 14.4 Å². The summed E-state index contributed by atoms with van der Waals surface area (Å²) in [5.74, 6) is -1.17. The molecule has 2 aromatic rings. The highest BCUT2D eigenvalue weighted by Gasteiger charge is 2.36. The van der Waals surface area contributed by atoms with Crippen LogP contribution < -0.4 is 15.0 Å². The van der Waals surface area contributed by atoms with E-state index in [1.807, 2.05) is 6.92 Å². The van der Waals surface area contributed by atoms with Crippen LogP contribution in [-0.4, -0.2) is 38.0 Å². The maximum atomic E-state index is 12.3. The van der Waals surface area contributed by atoms with E-state index in [2.05, 4.69) is 5.32 Å². The standard InChI is InChI=1S/C21H21ClN2O5/c1-13-3-4-15(10-18(13)22)23-19(25)12-29-21(27)14-9-20(26)24(11-14)16-5-7-17(28-2)8-6-16/h3-8,10,14H,9,11-12H2,1-2H3,(H,23,25)/t14-/m0/s1. The molecule has 1 fully saturated rings. The van der Waals surface area contributed by atoms with E-state index in [0.717, 1.165) is 5.56 Å². The van der Waals surface area contributed by atoms with Gasteiger partial charge in [0, 0.05) is 29.4 Å². The summed E-state index contributed by atoms with van der Waals surface area (Å²) in [5.41, 5.74) is 2.09. The topological polar surface area (TPSA) is 84.9 Å². The Balaban J connectivity index is 1.52. The van der Waals surface area contributed by atoms with Crippen molar-refractivity contribution in [3.8, 4) is 5.75 Å². The molecule has 2 amide bonds. The number of methoxy groups -OCH3 is 1. The molecule has 0 aromatic heterocycles. The molecule has 0 unspecified atom stereocenters. The summed E-state index contributed by atoms with van der Waals surface area (Å²) in [7, 11) is 1.56. The highest BCUT2D eigenvalue weighted by Crippen LogP contribution is 2.27. The van der Waals surface area contributed by atoms with Gasteiger partial charge >= 0.3 is 5.97 Å². The van der Waals surface area contributed by atoms with Crippen molar-refractivity contribution in [1.82, 2.24) is 0 Å². The number of benzene rings is 2. The van der Waals surface area contributed by atoms with Gasteiger partial charge in [0.1, 0.15) is 5.75 Å². The van der Waals surface area contributed by atoms with Crippen LogP contribution in [0, 0.1) is 12.8 Å². The number of hydrogen-bond donors (Lipinski definition) is 1. The number of carbonyl (C=O) groups excluding carboxylic acids is 3. The zero-order valence-electron chi connectivity index (χ0n) is 16.1. The van der Waals surface area contributed by atoms with Gasteiger partial charge in [0.15, 0.2) is 6.61 Å². The van der Waals surface area contributed by atoms with Crippen molar-refractivity contribution in [2.24, 2.45) is 5.92 Å². The Bertz CT molecular complexity index is 929. The first-order chi connectivity index (χ1) is 13.9. The van der Waals surface area contributed by atoms with Crippen LogP contribution in [0.3, 0.4) is 0 Å². The molecule has 0 radical (unpaired) electrons. The maximum Gasteiger partial charge on any atom is 0.311 e. The molecule has 1 aliphatic rings. The Morgan fingerprint density at radius 3 is 2.59 bits per heavy atom. The SMILES string of the molecule is COc1ccc(N2C[C@@H](C(=O)OCC(=O)Nc3ccc(C)c(Cl)c3)CC2=O)cc1. The molecule has 1 heterocycles. The summed E-state index contributed by atoms with van der Waals surface area (Å²) in [4.78, 5) is 38.1. The molecule has 1 N–H and O–H groups in total. The summed E-state index contributed by atoms with van der Waals surface area (Å²) < 4.78 is 10.2. The average molecular weight is 417 g/mol. The van der Waals surface area contributed by atoms with Gasteiger partial charge in [-0.15, -0.1) is 0 Å². The summed E-state index contributed by atoms with van der Waals surface area (Å²) in [6.07, 6.45) is 0.0417. The van der Waals surface area contributed by atoms with Crippen LogP contribution in [0.4, 0.5) is 11.4 Å². The lowest BCUT2D eigenvalue weighted by Crippen LogP contribution is -2.28. The molecule has 7 nitrogen and oxygen atoms in total. The van der Waals surface area contributed by atoms with E-state index < -0.39 is 24.4 Å². The van der Waals surface area contributed by atoms with Gasteiger partial charge in [-0.1, -0.05) is 17.7 Å². The van der Waals surface area contributed by atoms with Crippen molar-refractivity contribution in [2.75, 3.05) is 30.5 Å². The molecule has 152 valence electrons. The molecule has 1 aliphatic heterocycles. The van der Waals surface area contributed by atoms with E-state index in [1.54, 1.807) is 49.6 Å². The van der Waals surface area contributed by atoms with Crippen molar-refractivity contribution >= 4 is 40.8 Å². The third-order valence-corrected chi connectivity index (χ3v) is 5.05. The van der Waals surface area contributed by atoms with Gasteiger partial charge in [-0.05, 0) is 48.9 Å². The summed E-state index contributed by atoms with van der Waals surface area (Å²) >= 11 is 6.03. The van der Waals surface area contributed by atoms with Crippen molar-refractivity contribution < 1.29 is 23.9 Å². The number of nitrogens with zero attached hydrogens (tertiary/aromatic N) is 1. The average Bonchev–Trinajstić information content (AvgIpc) is 3.11. The first kappa shape index (κ1) is 20.7. The van der Waals surface area contributed by atoms with E-state index in [-0.39, 0.29) is 18.9 Å². The normalized spacial score (nSPS) is 15.9. The molecule has 0 saturated carbocycles. The van der Waals surface area contributed by atoms with E-state index >= 15 is 0 Å². The summed E-state index contributed by atoms with van der Waals surface area (Å²) in [6.45, 7) is 1.63. The molecule has 1 saturated heterocycles. The second-order valence-corrected chi connectivity index (χ2v) is 7.13. The number of anilines is 2. The minimum absolute atomic E-state index is 0.0417. The number of carbonyl (C=O) groups is 3. The molecule has 0 bridgehead atoms. The Labute approximate surface area is 173 Å². The molecular formula is C21H21ClN2O5. The Morgan fingerprint density at radius 2 is 1.93 bits per heavy atom. The highest BCUT2D eigenvalue weighted by molar-refractivity contribution is 6.31. The van der Waals surface area contributed by atoms with Crippen molar-refractivity contribution in [1.29, 1.82) is 0 Å². The number of aryl methyl sites for hydroxylation is 1. The quantitative estimate of drug-likeness (QED) is 0.731. The third kappa shape index (κ3) is 5.06. The predicted octanol–water partition coefficient (Wildman–Crippen LogP) is 3.19. The van der Waals surface area contributed by atoms with Crippen LogP contribution in [0.5, 0.6) is 5.75 Å². The van der Waals surface area contributed by atoms with Gasteiger partial charge in [0.25, 0.3) is 5.91 Å². The van der Waals surface area contributed by atoms with E-state index in [1.165, 1.54) is 4.90 Å². The van der Waals surface area contributed by atoms with Crippen LogP contribution in [-0.2, 0) is 19.1 Å². The van der Waals surface area contributed by atoms with E-state index in [0.29, 0.717) is 22.1 Å². The third-order valence-electron chi connectivity index (χ3n) is 4.64. The largest absolute Gasteiger partial charge is 0.497 e. The minimum atomic E-state index is -0.619. The van der Waals surface area contributed by atoms with E-state index in [9.17, 15) is 14.4 Å². The van der Waals surface area contributed by atoms with Crippen LogP contribution in [0.15, 0.2) is 42.5 Å². The van der Waals surface area contributed by atoms with Gasteiger partial charge in [0.05, 0.1) is 13.0 Å². The van der Waals surface area contributed by atoms with Gasteiger partial charge in [0.2, 0.25) is 5.91 Å². The molecule has 2 aromatic carbocycles. The monoisotopic (exact) mass is 416 g/mol. The fourth-order valence-electron chi connectivity index (χ4n) is 3.00. The van der Waals surface area contributed by atoms with Crippen molar-refractivity contribution in [3.63, 3.8) is 0 Å². The number of hydrogen-bond acceptors (Lipinski definition) is 5. The zero-order chi connectivity index (χ0) is 21.0. The molecule has 1 atom stereocenters. The zero-order valence-corrected chi connectivity index (χ0v) is 16.9. The van der Waals surface area contributed by atoms with E-state index in [4.69, 9.17) is 21.1 Å². The molecule has 8 heteroatoms. The Hall–Kier alpha value is -3.06. The van der Waals surface area contributed by atoms with Crippen molar-refractivity contribution in [2.45, 2.75) is 13.3 Å². The molecular weight excluding hydrogens is 396 g/mol. The minimum Gasteiger partial charge on any atom is -0.497 e. The lowest BCUT2D eigenvalue weighted by Gasteiger charge is -2.17. The highest BCUT2D eigenvalue weighted by atomic mass is 35.5. The number of esters is 1. The maximum absolute atomic E-state index is 12.3. The first-order valence-corrected chi connectivity index (χ1v) is 9.42. The number of ether oxygens (including phenoxy) is 2. The van der Waals surface area contributed by atoms with Crippen LogP contribution in [0.1, 0.15) is 12.0 Å². The lowest BCUT2D eigenvalue weighted by atomic mass is 10.1. The molecule has 29 heavy (non-hydrogen) atoms. The number of halogens is 1. The second kappa shape index (κ2) is 8.96. The van der Waals surface area contributed by atoms with Crippen molar-refractivity contribution in [3.05, 3.63) is 53.1 Å². The van der Waals surface area contributed by atoms with Gasteiger partial charge in [-0.2, -0.15) is 0 Å². The van der Waals surface area contributed by atoms with Crippen LogP contribution in [0.2, 0.25) is 5.02 Å². The molecule has 0 spiro atoms. The first-order valence-electron chi connectivity index (χ1n) is 9.04. The Kier molecular flexibility index (Phi) is 6.39. The second-order valence-electron chi connectivity index (χ2n) is 6.72.